The lowest BCUT2D eigenvalue weighted by molar-refractivity contribution is 0.561. The van der Waals surface area contributed by atoms with Crippen LogP contribution in [0.5, 0.6) is 0 Å². The molecule has 0 amide bonds. The maximum absolute atomic E-state index is 13.3. The van der Waals surface area contributed by atoms with Gasteiger partial charge in [0, 0.05) is 26.5 Å². The molecular weight excluding hydrogens is 357 g/mol. The number of nitrogens with zero attached hydrogens (tertiary/aromatic N) is 4. The number of hydrogen-bond donors (Lipinski definition) is 1. The smallest absolute Gasteiger partial charge is 0.245 e. The second kappa shape index (κ2) is 6.65. The molecule has 0 fully saturated rings. The topological polar surface area (TPSA) is 81.8 Å². The lowest BCUT2D eigenvalue weighted by Gasteiger charge is -2.19. The van der Waals surface area contributed by atoms with Gasteiger partial charge in [-0.3, -0.25) is 4.68 Å². The molecule has 1 atom stereocenters. The molecule has 0 bridgehead atoms. The van der Waals surface area contributed by atoms with Crippen LogP contribution in [0.15, 0.2) is 41.6 Å². The lowest BCUT2D eigenvalue weighted by Crippen LogP contribution is -2.31. The van der Waals surface area contributed by atoms with E-state index in [4.69, 9.17) is 0 Å². The van der Waals surface area contributed by atoms with Crippen LogP contribution < -0.4 is 4.72 Å². The van der Waals surface area contributed by atoms with E-state index in [0.29, 0.717) is 22.8 Å². The maximum Gasteiger partial charge on any atom is 0.245 e. The zero-order valence-electron chi connectivity index (χ0n) is 14.9. The number of benzene rings is 1. The van der Waals surface area contributed by atoms with Gasteiger partial charge in [0.25, 0.3) is 0 Å². The standard InChI is InChI=1S/C17H20FN5O2S/c1-11-16(12(2)23(4)20-11)26(24,25)21-15(17-19-9-10-22(17)3)13-5-7-14(18)8-6-13/h5-10,15,21H,1-4H3/t15-/m0/s1. The first-order valence-corrected chi connectivity index (χ1v) is 9.44. The predicted molar refractivity (Wildman–Crippen MR) is 94.5 cm³/mol. The van der Waals surface area contributed by atoms with Crippen LogP contribution in [0, 0.1) is 19.7 Å². The Labute approximate surface area is 151 Å². The minimum absolute atomic E-state index is 0.140. The Hall–Kier alpha value is -2.52. The zero-order chi connectivity index (χ0) is 19.1. The van der Waals surface area contributed by atoms with Gasteiger partial charge in [0.05, 0.1) is 11.4 Å². The third kappa shape index (κ3) is 3.27. The molecule has 0 unspecified atom stereocenters. The highest BCUT2D eigenvalue weighted by molar-refractivity contribution is 7.89. The van der Waals surface area contributed by atoms with Crippen LogP contribution in [0.4, 0.5) is 4.39 Å². The Kier molecular flexibility index (Phi) is 4.68. The molecule has 1 aromatic carbocycles. The number of aromatic nitrogens is 4. The molecular formula is C17H20FN5O2S. The molecule has 2 aromatic heterocycles. The van der Waals surface area contributed by atoms with Crippen LogP contribution in [-0.2, 0) is 24.1 Å². The van der Waals surface area contributed by atoms with E-state index in [2.05, 4.69) is 14.8 Å². The summed E-state index contributed by atoms with van der Waals surface area (Å²) in [6.07, 6.45) is 3.31. The SMILES string of the molecule is Cc1nn(C)c(C)c1S(=O)(=O)N[C@@H](c1ccc(F)cc1)c1nccn1C. The Morgan fingerprint density at radius 2 is 1.81 bits per heavy atom. The van der Waals surface area contributed by atoms with Gasteiger partial charge in [0.1, 0.15) is 22.6 Å². The number of rotatable bonds is 5. The predicted octanol–water partition coefficient (Wildman–Crippen LogP) is 1.98. The highest BCUT2D eigenvalue weighted by Gasteiger charge is 2.30. The Bertz CT molecular complexity index is 1040. The van der Waals surface area contributed by atoms with Crippen molar-refractivity contribution in [2.45, 2.75) is 24.8 Å². The quantitative estimate of drug-likeness (QED) is 0.737. The van der Waals surface area contributed by atoms with Crippen molar-refractivity contribution in [3.63, 3.8) is 0 Å². The molecule has 0 saturated heterocycles. The minimum Gasteiger partial charge on any atom is -0.336 e. The number of halogens is 1. The van der Waals surface area contributed by atoms with E-state index in [1.54, 1.807) is 57.0 Å². The fraction of sp³-hybridized carbons (Fsp3) is 0.294. The van der Waals surface area contributed by atoms with Crippen molar-refractivity contribution in [3.8, 4) is 0 Å². The summed E-state index contributed by atoms with van der Waals surface area (Å²) < 4.78 is 45.4. The lowest BCUT2D eigenvalue weighted by atomic mass is 10.1. The molecule has 138 valence electrons. The van der Waals surface area contributed by atoms with Crippen molar-refractivity contribution in [2.75, 3.05) is 0 Å². The number of nitrogens with one attached hydrogen (secondary N) is 1. The van der Waals surface area contributed by atoms with Gasteiger partial charge in [-0.15, -0.1) is 0 Å². The average Bonchev–Trinajstić information content (AvgIpc) is 3.09. The van der Waals surface area contributed by atoms with Crippen molar-refractivity contribution < 1.29 is 12.8 Å². The summed E-state index contributed by atoms with van der Waals surface area (Å²) in [7, 11) is -0.418. The van der Waals surface area contributed by atoms with E-state index in [0.717, 1.165) is 0 Å². The number of aryl methyl sites for hydroxylation is 3. The van der Waals surface area contributed by atoms with Crippen LogP contribution in [0.2, 0.25) is 0 Å². The Morgan fingerprint density at radius 1 is 1.15 bits per heavy atom. The fourth-order valence-electron chi connectivity index (χ4n) is 2.94. The van der Waals surface area contributed by atoms with Crippen molar-refractivity contribution in [1.29, 1.82) is 0 Å². The Balaban J connectivity index is 2.08. The van der Waals surface area contributed by atoms with Gasteiger partial charge in [-0.05, 0) is 31.5 Å². The largest absolute Gasteiger partial charge is 0.336 e. The Morgan fingerprint density at radius 3 is 2.31 bits per heavy atom. The molecule has 0 aliphatic carbocycles. The summed E-state index contributed by atoms with van der Waals surface area (Å²) in [4.78, 5) is 4.40. The molecule has 3 rings (SSSR count). The molecule has 2 heterocycles. The average molecular weight is 377 g/mol. The molecule has 0 radical (unpaired) electrons. The van der Waals surface area contributed by atoms with Gasteiger partial charge in [-0.25, -0.2) is 17.8 Å². The van der Waals surface area contributed by atoms with Crippen LogP contribution in [0.1, 0.15) is 28.8 Å². The van der Waals surface area contributed by atoms with Gasteiger partial charge in [-0.1, -0.05) is 12.1 Å². The van der Waals surface area contributed by atoms with Gasteiger partial charge in [0.2, 0.25) is 10.0 Å². The molecule has 3 aromatic rings. The molecule has 0 spiro atoms. The number of sulfonamides is 1. The van der Waals surface area contributed by atoms with Gasteiger partial charge in [0.15, 0.2) is 0 Å². The molecule has 1 N–H and O–H groups in total. The van der Waals surface area contributed by atoms with E-state index in [9.17, 15) is 12.8 Å². The first kappa shape index (κ1) is 18.3. The molecule has 0 saturated carbocycles. The van der Waals surface area contributed by atoms with E-state index in [1.807, 2.05) is 0 Å². The van der Waals surface area contributed by atoms with Crippen LogP contribution in [0.3, 0.4) is 0 Å². The highest BCUT2D eigenvalue weighted by Crippen LogP contribution is 2.26. The van der Waals surface area contributed by atoms with Crippen molar-refractivity contribution >= 4 is 10.0 Å². The second-order valence-corrected chi connectivity index (χ2v) is 7.78. The number of hydrogen-bond acceptors (Lipinski definition) is 4. The van der Waals surface area contributed by atoms with E-state index in [-0.39, 0.29) is 4.90 Å². The molecule has 7 nitrogen and oxygen atoms in total. The molecule has 26 heavy (non-hydrogen) atoms. The second-order valence-electron chi connectivity index (χ2n) is 6.13. The first-order valence-electron chi connectivity index (χ1n) is 7.96. The fourth-order valence-corrected chi connectivity index (χ4v) is 4.56. The minimum atomic E-state index is -3.88. The number of imidazole rings is 1. The molecule has 9 heteroatoms. The maximum atomic E-state index is 13.3. The summed E-state index contributed by atoms with van der Waals surface area (Å²) in [5.41, 5.74) is 1.53. The van der Waals surface area contributed by atoms with Crippen molar-refractivity contribution in [3.05, 3.63) is 65.3 Å². The van der Waals surface area contributed by atoms with Gasteiger partial charge < -0.3 is 4.57 Å². The van der Waals surface area contributed by atoms with E-state index in [1.165, 1.54) is 16.8 Å². The van der Waals surface area contributed by atoms with Gasteiger partial charge in [-0.2, -0.15) is 9.82 Å². The van der Waals surface area contributed by atoms with Crippen molar-refractivity contribution in [2.24, 2.45) is 14.1 Å². The van der Waals surface area contributed by atoms with E-state index >= 15 is 0 Å². The summed E-state index contributed by atoms with van der Waals surface area (Å²) in [5.74, 6) is 0.105. The zero-order valence-corrected chi connectivity index (χ0v) is 15.7. The van der Waals surface area contributed by atoms with Crippen LogP contribution in [-0.4, -0.2) is 27.7 Å². The third-order valence-corrected chi connectivity index (χ3v) is 5.98. The molecule has 0 aliphatic heterocycles. The first-order chi connectivity index (χ1) is 12.2. The highest BCUT2D eigenvalue weighted by atomic mass is 32.2. The van der Waals surface area contributed by atoms with Gasteiger partial charge >= 0.3 is 0 Å². The summed E-state index contributed by atoms with van der Waals surface area (Å²) in [6.45, 7) is 3.34. The summed E-state index contributed by atoms with van der Waals surface area (Å²) in [6, 6.07) is 4.90. The van der Waals surface area contributed by atoms with Crippen molar-refractivity contribution in [1.82, 2.24) is 24.1 Å². The summed E-state index contributed by atoms with van der Waals surface area (Å²) in [5, 5.41) is 4.18. The summed E-state index contributed by atoms with van der Waals surface area (Å²) >= 11 is 0. The van der Waals surface area contributed by atoms with E-state index < -0.39 is 21.9 Å². The van der Waals surface area contributed by atoms with Crippen LogP contribution in [0.25, 0.3) is 0 Å². The monoisotopic (exact) mass is 377 g/mol. The van der Waals surface area contributed by atoms with Crippen LogP contribution >= 0.6 is 0 Å². The third-order valence-electron chi connectivity index (χ3n) is 4.30. The molecule has 0 aliphatic rings. The normalized spacial score (nSPS) is 13.1.